The third-order valence-electron chi connectivity index (χ3n) is 12.8. The van der Waals surface area contributed by atoms with Gasteiger partial charge >= 0.3 is 12.2 Å². The Morgan fingerprint density at radius 3 is 1.91 bits per heavy atom. The second kappa shape index (κ2) is 28.5. The summed E-state index contributed by atoms with van der Waals surface area (Å²) in [6.45, 7) is 13.6. The maximum atomic E-state index is 13.9. The Morgan fingerprint density at radius 2 is 1.38 bits per heavy atom. The number of carbonyl (C=O) groups excluding carboxylic acids is 5. The van der Waals surface area contributed by atoms with Crippen LogP contribution in [-0.4, -0.2) is 161 Å². The number of likely N-dealkylation sites (tertiary alicyclic amines) is 1. The van der Waals surface area contributed by atoms with Crippen LogP contribution in [0.4, 0.5) is 29.3 Å². The van der Waals surface area contributed by atoms with E-state index in [-0.39, 0.29) is 58.2 Å². The Hall–Kier alpha value is -6.56. The molecule has 0 aliphatic carbocycles. The molecule has 3 heterocycles. The van der Waals surface area contributed by atoms with Crippen LogP contribution < -0.4 is 25.2 Å². The molecule has 3 atom stereocenters. The van der Waals surface area contributed by atoms with E-state index in [1.807, 2.05) is 52.0 Å². The number of nitrogens with one attached hydrogen (secondary N) is 2. The lowest BCUT2D eigenvalue weighted by molar-refractivity contribution is -0.144. The van der Waals surface area contributed by atoms with Gasteiger partial charge in [0.15, 0.2) is 0 Å². The Morgan fingerprint density at radius 1 is 0.823 bits per heavy atom. The molecule has 24 heteroatoms. The van der Waals surface area contributed by atoms with Gasteiger partial charge in [-0.2, -0.15) is 18.4 Å². The number of aryl methyl sites for hydroxylation is 1. The summed E-state index contributed by atoms with van der Waals surface area (Å²) in [4.78, 5) is 75.7. The molecule has 1 aromatic heterocycles. The van der Waals surface area contributed by atoms with Crippen molar-refractivity contribution >= 4 is 52.4 Å². The van der Waals surface area contributed by atoms with Crippen LogP contribution in [0, 0.1) is 23.7 Å². The number of hydrogen-bond acceptors (Lipinski definition) is 16. The Kier molecular flexibility index (Phi) is 22.3. The Labute approximate surface area is 461 Å². The number of ether oxygens (including phenoxy) is 7. The molecular formula is C55H68F3N7O13S. The number of aromatic nitrogens is 1. The van der Waals surface area contributed by atoms with Crippen LogP contribution in [0.1, 0.15) is 63.4 Å². The molecule has 2 fully saturated rings. The molecule has 0 bridgehead atoms. The largest absolute Gasteiger partial charge is 0.491 e. The fraction of sp³-hybridized carbons (Fsp3) is 0.509. The predicted octanol–water partition coefficient (Wildman–Crippen LogP) is 6.05. The molecule has 2 aliphatic heterocycles. The second-order valence-corrected chi connectivity index (χ2v) is 20.9. The van der Waals surface area contributed by atoms with E-state index in [0.29, 0.717) is 75.3 Å². The molecule has 0 saturated carbocycles. The molecule has 6 amide bonds. The van der Waals surface area contributed by atoms with E-state index in [0.717, 1.165) is 33.8 Å². The number of hydrogen-bond donors (Lipinski definition) is 3. The first-order chi connectivity index (χ1) is 37.6. The minimum Gasteiger partial charge on any atom is -0.491 e. The van der Waals surface area contributed by atoms with Crippen molar-refractivity contribution in [2.75, 3.05) is 102 Å². The number of nitriles is 1. The number of thiazole rings is 1. The molecule has 0 spiro atoms. The van der Waals surface area contributed by atoms with Crippen LogP contribution in [0.15, 0.2) is 72.2 Å². The van der Waals surface area contributed by atoms with E-state index < -0.39 is 76.1 Å². The van der Waals surface area contributed by atoms with Crippen molar-refractivity contribution in [1.82, 2.24) is 20.5 Å². The molecule has 3 N–H and O–H groups in total. The number of carbonyl (C=O) groups is 5. The van der Waals surface area contributed by atoms with Gasteiger partial charge in [-0.05, 0) is 79.8 Å². The molecule has 3 aromatic carbocycles. The highest BCUT2D eigenvalue weighted by atomic mass is 32.1. The molecule has 4 aromatic rings. The molecule has 2 saturated heterocycles. The lowest BCUT2D eigenvalue weighted by atomic mass is 9.85. The maximum Gasteiger partial charge on any atom is 0.417 e. The number of amides is 6. The van der Waals surface area contributed by atoms with E-state index in [4.69, 9.17) is 38.4 Å². The second-order valence-electron chi connectivity index (χ2n) is 20.1. The lowest BCUT2D eigenvalue weighted by Crippen LogP contribution is -2.58. The van der Waals surface area contributed by atoms with Gasteiger partial charge in [-0.3, -0.25) is 24.1 Å². The minimum absolute atomic E-state index is 0.0382. The van der Waals surface area contributed by atoms with Crippen molar-refractivity contribution in [3.8, 4) is 22.3 Å². The number of aliphatic hydroxyl groups is 1. The lowest BCUT2D eigenvalue weighted by Gasteiger charge is -2.35. The van der Waals surface area contributed by atoms with Crippen LogP contribution in [0.25, 0.3) is 10.4 Å². The zero-order valence-electron chi connectivity index (χ0n) is 45.1. The highest BCUT2D eigenvalue weighted by molar-refractivity contribution is 7.13. The summed E-state index contributed by atoms with van der Waals surface area (Å²) in [5.74, 6) is -1.65. The van der Waals surface area contributed by atoms with Gasteiger partial charge in [0.25, 0.3) is 5.91 Å². The van der Waals surface area contributed by atoms with E-state index >= 15 is 0 Å². The summed E-state index contributed by atoms with van der Waals surface area (Å²) in [6, 6.07) is 15.5. The number of alkyl halides is 3. The van der Waals surface area contributed by atoms with Crippen molar-refractivity contribution in [2.45, 2.75) is 84.4 Å². The van der Waals surface area contributed by atoms with Gasteiger partial charge in [0.2, 0.25) is 17.7 Å². The van der Waals surface area contributed by atoms with E-state index in [1.165, 1.54) is 29.7 Å². The molecule has 428 valence electrons. The highest BCUT2D eigenvalue weighted by Gasteiger charge is 2.53. The molecule has 79 heavy (non-hydrogen) atoms. The first kappa shape index (κ1) is 61.6. The molecule has 0 radical (unpaired) electrons. The van der Waals surface area contributed by atoms with Gasteiger partial charge < -0.3 is 53.8 Å². The Bertz CT molecular complexity index is 2730. The quantitative estimate of drug-likeness (QED) is 0.0414. The number of halogens is 3. The summed E-state index contributed by atoms with van der Waals surface area (Å²) < 4.78 is 79.8. The zero-order chi connectivity index (χ0) is 57.3. The average molecular weight is 1120 g/mol. The number of anilines is 2. The SMILES string of the molecule is Cc1ncsc1-c1ccc(CNC(=O)[C@@H]2C[C@@H](O)CN2C(=O)[C@@H](NC(=O)COCCOCCOCCOCCOCCOCCOc2ccc(N3C(=O)N(c4ccc(C#N)c(C(F)(F)F)c4)C(=O)C3(C)C)cc2)C(C)(C)C)cc1. The van der Waals surface area contributed by atoms with Crippen molar-refractivity contribution in [2.24, 2.45) is 5.41 Å². The van der Waals surface area contributed by atoms with Gasteiger partial charge in [0.05, 0.1) is 118 Å². The van der Waals surface area contributed by atoms with Crippen LogP contribution in [0.3, 0.4) is 0 Å². The number of rotatable bonds is 29. The maximum absolute atomic E-state index is 13.9. The van der Waals surface area contributed by atoms with Crippen LogP contribution in [-0.2, 0) is 60.3 Å². The summed E-state index contributed by atoms with van der Waals surface area (Å²) in [6.07, 6.45) is -5.69. The van der Waals surface area contributed by atoms with Crippen molar-refractivity contribution in [3.63, 3.8) is 0 Å². The van der Waals surface area contributed by atoms with Crippen molar-refractivity contribution < 1.29 is 75.4 Å². The summed E-state index contributed by atoms with van der Waals surface area (Å²) in [5.41, 5.74) is 0.644. The first-order valence-corrected chi connectivity index (χ1v) is 26.5. The van der Waals surface area contributed by atoms with E-state index in [9.17, 15) is 42.3 Å². The Balaban J connectivity index is 0.754. The fourth-order valence-corrected chi connectivity index (χ4v) is 9.43. The van der Waals surface area contributed by atoms with Crippen LogP contribution in [0.2, 0.25) is 0 Å². The third-order valence-corrected chi connectivity index (χ3v) is 13.7. The number of aliphatic hydroxyl groups excluding tert-OH is 1. The number of imide groups is 1. The van der Waals surface area contributed by atoms with E-state index in [2.05, 4.69) is 15.6 Å². The standard InChI is InChI=1S/C55H68F3N7O13S/c1-36-47(79-35-61-36)38-9-7-37(8-10-38)32-60-49(68)45-30-42(66)33-63(45)50(69)48(53(2,3)4)62-46(67)34-77-26-25-75-22-21-73-18-17-72-19-20-74-23-24-76-27-28-78-43-15-13-40(14-16-43)65-52(71)64(51(70)54(65,5)6)41-12-11-39(31-59)44(29-41)55(56,57)58/h7-16,29,35,42,45,48,66H,17-28,30,32-34H2,1-6H3,(H,60,68)(H,62,67)/t42-,45+,48-/m1/s1. The van der Waals surface area contributed by atoms with Gasteiger partial charge in [0, 0.05) is 25.2 Å². The zero-order valence-corrected chi connectivity index (χ0v) is 45.9. The van der Waals surface area contributed by atoms with Gasteiger partial charge in [-0.1, -0.05) is 45.0 Å². The molecule has 20 nitrogen and oxygen atoms in total. The molecule has 0 unspecified atom stereocenters. The van der Waals surface area contributed by atoms with Crippen molar-refractivity contribution in [1.29, 1.82) is 5.26 Å². The van der Waals surface area contributed by atoms with Gasteiger partial charge in [-0.15, -0.1) is 11.3 Å². The third kappa shape index (κ3) is 17.0. The van der Waals surface area contributed by atoms with Gasteiger partial charge in [-0.25, -0.2) is 14.7 Å². The smallest absolute Gasteiger partial charge is 0.417 e. The minimum atomic E-state index is -4.87. The fourth-order valence-electron chi connectivity index (χ4n) is 8.62. The highest BCUT2D eigenvalue weighted by Crippen LogP contribution is 2.40. The summed E-state index contributed by atoms with van der Waals surface area (Å²) >= 11 is 1.56. The van der Waals surface area contributed by atoms with Crippen LogP contribution in [0.5, 0.6) is 5.75 Å². The molecular weight excluding hydrogens is 1060 g/mol. The van der Waals surface area contributed by atoms with E-state index in [1.54, 1.807) is 41.1 Å². The van der Waals surface area contributed by atoms with Crippen molar-refractivity contribution in [3.05, 3.63) is 94.6 Å². The number of benzene rings is 3. The molecule has 2 aliphatic rings. The predicted molar refractivity (Wildman–Crippen MR) is 284 cm³/mol. The first-order valence-electron chi connectivity index (χ1n) is 25.7. The number of urea groups is 1. The summed E-state index contributed by atoms with van der Waals surface area (Å²) in [7, 11) is 0. The summed E-state index contributed by atoms with van der Waals surface area (Å²) in [5, 5.41) is 25.4. The average Bonchev–Trinajstić information content (AvgIpc) is 4.29. The number of β-amino-alcohol motifs (C(OH)–C–C–N with tert-alkyl or cyclic N) is 1. The normalized spacial score (nSPS) is 16.8. The topological polar surface area (TPSA) is 241 Å². The van der Waals surface area contributed by atoms with Crippen LogP contribution >= 0.6 is 11.3 Å². The number of nitrogens with zero attached hydrogens (tertiary/aromatic N) is 5. The van der Waals surface area contributed by atoms with Gasteiger partial charge in [0.1, 0.15) is 36.6 Å². The monoisotopic (exact) mass is 1120 g/mol. The molecule has 6 rings (SSSR count).